The molecule has 0 spiro atoms. The fraction of sp³-hybridized carbons (Fsp3) is 0.333. The molecule has 0 aliphatic carbocycles. The molecule has 2 aromatic heterocycles. The lowest BCUT2D eigenvalue weighted by molar-refractivity contribution is 0.914. The molecule has 2 N–H and O–H groups in total. The molecule has 6 heteroatoms. The standard InChI is InChI=1S/C9H10ClN3S2/c1-5-4-14-8(7(5)10)9-13-12-6(15-9)2-3-11/h4H,2-3,11H2,1H3. The van der Waals surface area contributed by atoms with Crippen LogP contribution in [0.5, 0.6) is 0 Å². The van der Waals surface area contributed by atoms with E-state index in [1.165, 1.54) is 0 Å². The lowest BCUT2D eigenvalue weighted by atomic mass is 10.3. The minimum absolute atomic E-state index is 0.603. The lowest BCUT2D eigenvalue weighted by Gasteiger charge is -1.90. The molecule has 0 saturated carbocycles. The summed E-state index contributed by atoms with van der Waals surface area (Å²) in [5.41, 5.74) is 6.55. The Hall–Kier alpha value is -0.490. The first-order valence-electron chi connectivity index (χ1n) is 4.48. The predicted octanol–water partition coefficient (Wildman–Crippen LogP) is 2.73. The molecule has 80 valence electrons. The number of hydrogen-bond acceptors (Lipinski definition) is 5. The van der Waals surface area contributed by atoms with E-state index in [9.17, 15) is 0 Å². The van der Waals surface area contributed by atoms with Crippen molar-refractivity contribution in [3.05, 3.63) is 21.0 Å². The van der Waals surface area contributed by atoms with Gasteiger partial charge < -0.3 is 5.73 Å². The van der Waals surface area contributed by atoms with Crippen LogP contribution in [0.25, 0.3) is 9.88 Å². The SMILES string of the molecule is Cc1csc(-c2nnc(CCN)s2)c1Cl. The van der Waals surface area contributed by atoms with Crippen LogP contribution in [0, 0.1) is 6.92 Å². The zero-order chi connectivity index (χ0) is 10.8. The van der Waals surface area contributed by atoms with Crippen LogP contribution in [0.4, 0.5) is 0 Å². The Labute approximate surface area is 101 Å². The molecule has 0 fully saturated rings. The molecule has 0 aliphatic rings. The van der Waals surface area contributed by atoms with E-state index in [2.05, 4.69) is 10.2 Å². The fourth-order valence-electron chi connectivity index (χ4n) is 1.14. The lowest BCUT2D eigenvalue weighted by Crippen LogP contribution is -2.01. The summed E-state index contributed by atoms with van der Waals surface area (Å²) in [6, 6.07) is 0. The predicted molar refractivity (Wildman–Crippen MR) is 65.7 cm³/mol. The fourth-order valence-corrected chi connectivity index (χ4v) is 3.43. The second-order valence-electron chi connectivity index (χ2n) is 3.10. The first-order chi connectivity index (χ1) is 7.22. The monoisotopic (exact) mass is 259 g/mol. The topological polar surface area (TPSA) is 51.8 Å². The summed E-state index contributed by atoms with van der Waals surface area (Å²) in [5, 5.41) is 12.9. The van der Waals surface area contributed by atoms with Crippen molar-refractivity contribution in [1.29, 1.82) is 0 Å². The van der Waals surface area contributed by atoms with E-state index in [0.717, 1.165) is 31.9 Å². The van der Waals surface area contributed by atoms with Crippen LogP contribution in [0.15, 0.2) is 5.38 Å². The molecular formula is C9H10ClN3S2. The zero-order valence-corrected chi connectivity index (χ0v) is 10.5. The third kappa shape index (κ3) is 2.20. The molecule has 0 aliphatic heterocycles. The van der Waals surface area contributed by atoms with Crippen molar-refractivity contribution in [2.45, 2.75) is 13.3 Å². The molecule has 3 nitrogen and oxygen atoms in total. The van der Waals surface area contributed by atoms with E-state index in [4.69, 9.17) is 17.3 Å². The average molecular weight is 260 g/mol. The van der Waals surface area contributed by atoms with Crippen LogP contribution in [0.2, 0.25) is 5.02 Å². The number of rotatable bonds is 3. The summed E-state index contributed by atoms with van der Waals surface area (Å²) in [5.74, 6) is 0. The Kier molecular flexibility index (Phi) is 3.35. The highest BCUT2D eigenvalue weighted by Crippen LogP contribution is 2.37. The van der Waals surface area contributed by atoms with Crippen LogP contribution < -0.4 is 5.73 Å². The van der Waals surface area contributed by atoms with Gasteiger partial charge in [-0.15, -0.1) is 21.5 Å². The molecule has 2 heterocycles. The quantitative estimate of drug-likeness (QED) is 0.922. The summed E-state index contributed by atoms with van der Waals surface area (Å²) in [6.07, 6.45) is 0.777. The third-order valence-electron chi connectivity index (χ3n) is 1.92. The van der Waals surface area contributed by atoms with Crippen LogP contribution in [0.1, 0.15) is 10.6 Å². The van der Waals surface area contributed by atoms with Crippen molar-refractivity contribution in [2.75, 3.05) is 6.54 Å². The molecule has 15 heavy (non-hydrogen) atoms. The second kappa shape index (κ2) is 4.57. The van der Waals surface area contributed by atoms with Gasteiger partial charge in [-0.05, 0) is 24.4 Å². The number of hydrogen-bond donors (Lipinski definition) is 1. The van der Waals surface area contributed by atoms with E-state index in [0.29, 0.717) is 6.54 Å². The van der Waals surface area contributed by atoms with Crippen molar-refractivity contribution in [2.24, 2.45) is 5.73 Å². The average Bonchev–Trinajstić information content (AvgIpc) is 2.77. The van der Waals surface area contributed by atoms with Gasteiger partial charge in [-0.3, -0.25) is 0 Å². The van der Waals surface area contributed by atoms with E-state index in [1.54, 1.807) is 22.7 Å². The molecule has 0 aromatic carbocycles. The van der Waals surface area contributed by atoms with Crippen LogP contribution in [0.3, 0.4) is 0 Å². The summed E-state index contributed by atoms with van der Waals surface area (Å²) in [4.78, 5) is 1.01. The van der Waals surface area contributed by atoms with Crippen molar-refractivity contribution in [3.63, 3.8) is 0 Å². The maximum absolute atomic E-state index is 6.15. The number of thiophene rings is 1. The first kappa shape index (κ1) is 11.0. The maximum atomic E-state index is 6.15. The first-order valence-corrected chi connectivity index (χ1v) is 6.56. The van der Waals surface area contributed by atoms with Crippen LogP contribution in [-0.2, 0) is 6.42 Å². The normalized spacial score (nSPS) is 10.9. The number of aromatic nitrogens is 2. The highest BCUT2D eigenvalue weighted by Gasteiger charge is 2.13. The van der Waals surface area contributed by atoms with Gasteiger partial charge in [0, 0.05) is 6.42 Å². The minimum Gasteiger partial charge on any atom is -0.330 e. The van der Waals surface area contributed by atoms with Crippen LogP contribution >= 0.6 is 34.3 Å². The van der Waals surface area contributed by atoms with Crippen molar-refractivity contribution in [3.8, 4) is 9.88 Å². The largest absolute Gasteiger partial charge is 0.330 e. The molecule has 0 radical (unpaired) electrons. The summed E-state index contributed by atoms with van der Waals surface area (Å²) in [7, 11) is 0. The maximum Gasteiger partial charge on any atom is 0.159 e. The molecule has 0 atom stereocenters. The van der Waals surface area contributed by atoms with Crippen LogP contribution in [-0.4, -0.2) is 16.7 Å². The van der Waals surface area contributed by atoms with Crippen molar-refractivity contribution in [1.82, 2.24) is 10.2 Å². The molecule has 0 amide bonds. The van der Waals surface area contributed by atoms with Gasteiger partial charge in [0.15, 0.2) is 5.01 Å². The van der Waals surface area contributed by atoms with Gasteiger partial charge in [-0.1, -0.05) is 22.9 Å². The molecule has 2 aromatic rings. The Morgan fingerprint density at radius 1 is 1.47 bits per heavy atom. The van der Waals surface area contributed by atoms with Crippen molar-refractivity contribution < 1.29 is 0 Å². The van der Waals surface area contributed by atoms with E-state index < -0.39 is 0 Å². The summed E-state index contributed by atoms with van der Waals surface area (Å²) >= 11 is 9.32. The Morgan fingerprint density at radius 3 is 2.87 bits per heavy atom. The Balaban J connectivity index is 2.33. The van der Waals surface area contributed by atoms with E-state index >= 15 is 0 Å². The number of aryl methyl sites for hydroxylation is 1. The Morgan fingerprint density at radius 2 is 2.27 bits per heavy atom. The third-order valence-corrected chi connectivity index (χ3v) is 4.75. The summed E-state index contributed by atoms with van der Waals surface area (Å²) in [6.45, 7) is 2.59. The molecule has 0 saturated heterocycles. The summed E-state index contributed by atoms with van der Waals surface area (Å²) < 4.78 is 0. The van der Waals surface area contributed by atoms with Gasteiger partial charge in [0.2, 0.25) is 0 Å². The minimum atomic E-state index is 0.603. The molecule has 2 rings (SSSR count). The van der Waals surface area contributed by atoms with Gasteiger partial charge in [0.25, 0.3) is 0 Å². The molecule has 0 bridgehead atoms. The molecular weight excluding hydrogens is 250 g/mol. The second-order valence-corrected chi connectivity index (χ2v) is 5.42. The van der Waals surface area contributed by atoms with Crippen molar-refractivity contribution >= 4 is 34.3 Å². The Bertz CT molecular complexity index is 464. The number of nitrogens with two attached hydrogens (primary N) is 1. The van der Waals surface area contributed by atoms with Gasteiger partial charge in [0.05, 0.1) is 9.90 Å². The zero-order valence-electron chi connectivity index (χ0n) is 8.16. The molecule has 0 unspecified atom stereocenters. The highest BCUT2D eigenvalue weighted by atomic mass is 35.5. The smallest absolute Gasteiger partial charge is 0.159 e. The number of halogens is 1. The van der Waals surface area contributed by atoms with Gasteiger partial charge in [-0.2, -0.15) is 0 Å². The van der Waals surface area contributed by atoms with Gasteiger partial charge in [0.1, 0.15) is 5.01 Å². The number of nitrogens with zero attached hydrogens (tertiary/aromatic N) is 2. The van der Waals surface area contributed by atoms with Gasteiger partial charge in [-0.25, -0.2) is 0 Å². The van der Waals surface area contributed by atoms with E-state index in [1.807, 2.05) is 12.3 Å². The van der Waals surface area contributed by atoms with E-state index in [-0.39, 0.29) is 0 Å². The highest BCUT2D eigenvalue weighted by molar-refractivity contribution is 7.21. The van der Waals surface area contributed by atoms with Gasteiger partial charge >= 0.3 is 0 Å².